The number of fused-ring (bicyclic) bond motifs is 5. The number of hydrogen-bond donors (Lipinski definition) is 0. The molecule has 0 spiro atoms. The fraction of sp³-hybridized carbons (Fsp3) is 0. The molecule has 10 aromatic rings. The molecule has 0 saturated carbocycles. The Bertz CT molecular complexity index is 2920. The van der Waals surface area contributed by atoms with Crippen molar-refractivity contribution in [1.82, 2.24) is 19.9 Å². The summed E-state index contributed by atoms with van der Waals surface area (Å²) >= 11 is 0. The van der Waals surface area contributed by atoms with Gasteiger partial charge in [-0.25, -0.2) is 15.0 Å². The van der Waals surface area contributed by atoms with Crippen LogP contribution >= 0.6 is 0 Å². The quantitative estimate of drug-likeness (QED) is 0.185. The van der Waals surface area contributed by atoms with Gasteiger partial charge in [0.2, 0.25) is 0 Å². The topological polar surface area (TPSA) is 64.7 Å². The second-order valence-corrected chi connectivity index (χ2v) is 12.6. The van der Waals surface area contributed by atoms with Crippen LogP contribution in [0.2, 0.25) is 0 Å². The summed E-state index contributed by atoms with van der Waals surface area (Å²) in [5.74, 6) is 1.71. The number of aromatic nitrogens is 4. The van der Waals surface area contributed by atoms with E-state index in [-0.39, 0.29) is 0 Å². The van der Waals surface area contributed by atoms with Gasteiger partial charge in [0.05, 0.1) is 5.52 Å². The van der Waals surface area contributed by atoms with Crippen LogP contribution in [0.1, 0.15) is 0 Å². The molecule has 0 aliphatic rings. The number of furan rings is 1. The van der Waals surface area contributed by atoms with Crippen molar-refractivity contribution in [3.63, 3.8) is 0 Å². The highest BCUT2D eigenvalue weighted by molar-refractivity contribution is 6.12. The highest BCUT2D eigenvalue weighted by atomic mass is 16.3. The van der Waals surface area contributed by atoms with E-state index in [0.29, 0.717) is 17.5 Å². The van der Waals surface area contributed by atoms with E-state index in [1.54, 1.807) is 0 Å². The lowest BCUT2D eigenvalue weighted by molar-refractivity contribution is 0.669. The lowest BCUT2D eigenvalue weighted by Crippen LogP contribution is -2.01. The third kappa shape index (κ3) is 4.94. The SMILES string of the molecule is c1ccc(-c2cccc3ccc(-c4nc(-c5ccc(-c6ccccc6)c6cccnc56)nc(-c5cccc6oc7ccccc7c56)n4)cc23)cc1. The maximum absolute atomic E-state index is 6.28. The summed E-state index contributed by atoms with van der Waals surface area (Å²) in [5, 5.41) is 5.31. The molecule has 0 radical (unpaired) electrons. The van der Waals surface area contributed by atoms with Gasteiger partial charge in [0.15, 0.2) is 17.5 Å². The maximum Gasteiger partial charge on any atom is 0.166 e. The van der Waals surface area contributed by atoms with Gasteiger partial charge >= 0.3 is 0 Å². The number of hydrogen-bond acceptors (Lipinski definition) is 5. The summed E-state index contributed by atoms with van der Waals surface area (Å²) in [6, 6.07) is 56.2. The number of nitrogens with zero attached hydrogens (tertiary/aromatic N) is 4. The highest BCUT2D eigenvalue weighted by Gasteiger charge is 2.20. The van der Waals surface area contributed by atoms with Crippen molar-refractivity contribution in [3.8, 4) is 56.4 Å². The minimum absolute atomic E-state index is 0.555. The largest absolute Gasteiger partial charge is 0.456 e. The molecule has 0 aliphatic carbocycles. The van der Waals surface area contributed by atoms with E-state index in [1.807, 2.05) is 54.7 Å². The van der Waals surface area contributed by atoms with Crippen LogP contribution in [0.5, 0.6) is 0 Å². The predicted octanol–water partition coefficient (Wildman–Crippen LogP) is 11.8. The van der Waals surface area contributed by atoms with Crippen LogP contribution in [0.4, 0.5) is 0 Å². The summed E-state index contributed by atoms with van der Waals surface area (Å²) in [6.07, 6.45) is 1.83. The Morgan fingerprint density at radius 3 is 1.82 bits per heavy atom. The minimum Gasteiger partial charge on any atom is -0.456 e. The van der Waals surface area contributed by atoms with Gasteiger partial charge in [-0.15, -0.1) is 0 Å². The zero-order chi connectivity index (χ0) is 33.7. The van der Waals surface area contributed by atoms with Gasteiger partial charge in [-0.05, 0) is 63.4 Å². The van der Waals surface area contributed by atoms with Crippen LogP contribution in [-0.4, -0.2) is 19.9 Å². The average molecular weight is 653 g/mol. The van der Waals surface area contributed by atoms with E-state index in [1.165, 1.54) is 0 Å². The minimum atomic E-state index is 0.555. The lowest BCUT2D eigenvalue weighted by atomic mass is 9.96. The fourth-order valence-corrected chi connectivity index (χ4v) is 7.21. The predicted molar refractivity (Wildman–Crippen MR) is 207 cm³/mol. The third-order valence-electron chi connectivity index (χ3n) is 9.60. The molecule has 5 nitrogen and oxygen atoms in total. The van der Waals surface area contributed by atoms with Crippen molar-refractivity contribution in [2.75, 3.05) is 0 Å². The number of pyridine rings is 1. The van der Waals surface area contributed by atoms with Gasteiger partial charge in [-0.3, -0.25) is 4.98 Å². The molecule has 0 unspecified atom stereocenters. The summed E-state index contributed by atoms with van der Waals surface area (Å²) < 4.78 is 6.28. The zero-order valence-electron chi connectivity index (χ0n) is 27.4. The van der Waals surface area contributed by atoms with Crippen molar-refractivity contribution in [2.45, 2.75) is 0 Å². The first kappa shape index (κ1) is 29.0. The Labute approximate surface area is 293 Å². The van der Waals surface area contributed by atoms with E-state index >= 15 is 0 Å². The van der Waals surface area contributed by atoms with E-state index in [9.17, 15) is 0 Å². The summed E-state index contributed by atoms with van der Waals surface area (Å²) in [6.45, 7) is 0. The molecule has 0 saturated heterocycles. The molecule has 10 rings (SSSR count). The molecule has 0 N–H and O–H groups in total. The Morgan fingerprint density at radius 1 is 0.373 bits per heavy atom. The number of benzene rings is 7. The van der Waals surface area contributed by atoms with E-state index in [4.69, 9.17) is 24.4 Å². The Morgan fingerprint density at radius 2 is 1.00 bits per heavy atom. The second kappa shape index (κ2) is 11.9. The van der Waals surface area contributed by atoms with Gasteiger partial charge in [-0.1, -0.05) is 133 Å². The zero-order valence-corrected chi connectivity index (χ0v) is 27.4. The normalized spacial score (nSPS) is 11.5. The molecule has 0 atom stereocenters. The molecule has 0 fully saturated rings. The first-order valence-electron chi connectivity index (χ1n) is 17.0. The first-order chi connectivity index (χ1) is 25.3. The van der Waals surface area contributed by atoms with Gasteiger partial charge in [0.25, 0.3) is 0 Å². The van der Waals surface area contributed by atoms with Gasteiger partial charge < -0.3 is 4.42 Å². The summed E-state index contributed by atoms with van der Waals surface area (Å²) in [5.41, 5.74) is 9.61. The van der Waals surface area contributed by atoms with E-state index in [2.05, 4.69) is 115 Å². The van der Waals surface area contributed by atoms with Gasteiger partial charge in [0.1, 0.15) is 11.2 Å². The molecule has 238 valence electrons. The van der Waals surface area contributed by atoms with E-state index in [0.717, 1.165) is 82.6 Å². The smallest absolute Gasteiger partial charge is 0.166 e. The fourth-order valence-electron chi connectivity index (χ4n) is 7.21. The molecule has 7 aromatic carbocycles. The molecule has 0 aliphatic heterocycles. The summed E-state index contributed by atoms with van der Waals surface area (Å²) in [4.78, 5) is 20.5. The Hall–Kier alpha value is -6.98. The molecule has 0 bridgehead atoms. The maximum atomic E-state index is 6.28. The molecule has 0 amide bonds. The van der Waals surface area contributed by atoms with Crippen molar-refractivity contribution >= 4 is 43.6 Å². The van der Waals surface area contributed by atoms with Crippen LogP contribution in [0.25, 0.3) is 100 Å². The number of rotatable bonds is 5. The van der Waals surface area contributed by atoms with Gasteiger partial charge in [-0.2, -0.15) is 0 Å². The van der Waals surface area contributed by atoms with Crippen LogP contribution in [0.3, 0.4) is 0 Å². The monoisotopic (exact) mass is 652 g/mol. The van der Waals surface area contributed by atoms with E-state index < -0.39 is 0 Å². The number of para-hydroxylation sites is 1. The molecule has 3 aromatic heterocycles. The lowest BCUT2D eigenvalue weighted by Gasteiger charge is -2.13. The van der Waals surface area contributed by atoms with Crippen molar-refractivity contribution in [1.29, 1.82) is 0 Å². The molecule has 51 heavy (non-hydrogen) atoms. The second-order valence-electron chi connectivity index (χ2n) is 12.6. The molecular weight excluding hydrogens is 625 g/mol. The average Bonchev–Trinajstić information content (AvgIpc) is 3.59. The van der Waals surface area contributed by atoms with Crippen molar-refractivity contribution in [3.05, 3.63) is 170 Å². The van der Waals surface area contributed by atoms with Crippen LogP contribution in [-0.2, 0) is 0 Å². The Kier molecular flexibility index (Phi) is 6.74. The van der Waals surface area contributed by atoms with Crippen molar-refractivity contribution in [2.24, 2.45) is 0 Å². The highest BCUT2D eigenvalue weighted by Crippen LogP contribution is 2.39. The molecule has 3 heterocycles. The van der Waals surface area contributed by atoms with Crippen LogP contribution < -0.4 is 0 Å². The molecule has 5 heteroatoms. The summed E-state index contributed by atoms with van der Waals surface area (Å²) in [7, 11) is 0. The van der Waals surface area contributed by atoms with Crippen LogP contribution in [0, 0.1) is 0 Å². The molecular formula is C46H28N4O. The Balaban J connectivity index is 1.24. The van der Waals surface area contributed by atoms with Crippen LogP contribution in [0.15, 0.2) is 174 Å². The first-order valence-corrected chi connectivity index (χ1v) is 17.0. The standard InChI is InChI=1S/C46H28N4O/c1-3-12-29(13-4-1)33-18-9-16-31-23-24-32(28-39(31)33)44-48-45(37-19-10-22-41-42(37)36-17-7-8-21-40(36)51-41)50-46(49-44)38-26-25-34(30-14-5-2-6-15-30)35-20-11-27-47-43(35)38/h1-28H. The van der Waals surface area contributed by atoms with Crippen molar-refractivity contribution < 1.29 is 4.42 Å². The van der Waals surface area contributed by atoms with Gasteiger partial charge in [0, 0.05) is 39.0 Å². The third-order valence-corrected chi connectivity index (χ3v) is 9.60.